The van der Waals surface area contributed by atoms with Crippen LogP contribution in [0.2, 0.25) is 5.02 Å². The van der Waals surface area contributed by atoms with E-state index in [1.807, 2.05) is 19.9 Å². The third-order valence-electron chi connectivity index (χ3n) is 3.93. The molecule has 7 nitrogen and oxygen atoms in total. The standard InChI is InChI=1S/C21H24ClN3O4/c1-4-29-18-8-6-15(11-19(18)28-3)13-23-25-21(27)10-9-20(26)24-16-7-5-14(2)17(22)12-16/h5-8,11-13H,4,9-10H2,1-3H3,(H,24,26)(H,25,27). The van der Waals surface area contributed by atoms with Crippen LogP contribution in [0.15, 0.2) is 41.5 Å². The Kier molecular flexibility index (Phi) is 8.48. The molecule has 0 unspecified atom stereocenters. The molecule has 0 saturated heterocycles. The molecule has 0 aliphatic rings. The number of amides is 2. The normalized spacial score (nSPS) is 10.6. The fourth-order valence-corrected chi connectivity index (χ4v) is 2.58. The quantitative estimate of drug-likeness (QED) is 0.478. The molecular formula is C21H24ClN3O4. The maximum atomic E-state index is 12.0. The summed E-state index contributed by atoms with van der Waals surface area (Å²) in [4.78, 5) is 23.8. The van der Waals surface area contributed by atoms with Crippen molar-refractivity contribution in [1.29, 1.82) is 0 Å². The van der Waals surface area contributed by atoms with Gasteiger partial charge in [0.05, 0.1) is 19.9 Å². The molecule has 0 radical (unpaired) electrons. The topological polar surface area (TPSA) is 89.0 Å². The van der Waals surface area contributed by atoms with Crippen LogP contribution in [0.25, 0.3) is 0 Å². The van der Waals surface area contributed by atoms with Gasteiger partial charge >= 0.3 is 0 Å². The first-order valence-electron chi connectivity index (χ1n) is 9.11. The van der Waals surface area contributed by atoms with E-state index in [1.165, 1.54) is 6.21 Å². The molecule has 0 bridgehead atoms. The number of rotatable bonds is 9. The van der Waals surface area contributed by atoms with Gasteiger partial charge in [0.15, 0.2) is 11.5 Å². The number of hydrogen-bond acceptors (Lipinski definition) is 5. The van der Waals surface area contributed by atoms with E-state index >= 15 is 0 Å². The van der Waals surface area contributed by atoms with Crippen LogP contribution < -0.4 is 20.2 Å². The van der Waals surface area contributed by atoms with Gasteiger partial charge in [0.25, 0.3) is 0 Å². The van der Waals surface area contributed by atoms with E-state index in [0.29, 0.717) is 28.8 Å². The molecule has 29 heavy (non-hydrogen) atoms. The van der Waals surface area contributed by atoms with E-state index in [9.17, 15) is 9.59 Å². The number of nitrogens with zero attached hydrogens (tertiary/aromatic N) is 1. The number of ether oxygens (including phenoxy) is 2. The van der Waals surface area contributed by atoms with Gasteiger partial charge in [-0.05, 0) is 55.3 Å². The van der Waals surface area contributed by atoms with Gasteiger partial charge < -0.3 is 14.8 Å². The minimum atomic E-state index is -0.365. The van der Waals surface area contributed by atoms with Crippen LogP contribution in [-0.4, -0.2) is 31.7 Å². The molecule has 2 amide bonds. The summed E-state index contributed by atoms with van der Waals surface area (Å²) in [6, 6.07) is 10.6. The lowest BCUT2D eigenvalue weighted by molar-refractivity contribution is -0.124. The summed E-state index contributed by atoms with van der Waals surface area (Å²) >= 11 is 6.03. The molecule has 154 valence electrons. The second-order valence-corrected chi connectivity index (χ2v) is 6.56. The van der Waals surface area contributed by atoms with Crippen molar-refractivity contribution >= 4 is 35.3 Å². The molecular weight excluding hydrogens is 394 g/mol. The largest absolute Gasteiger partial charge is 0.493 e. The predicted molar refractivity (Wildman–Crippen MR) is 114 cm³/mol. The van der Waals surface area contributed by atoms with Gasteiger partial charge in [-0.3, -0.25) is 9.59 Å². The van der Waals surface area contributed by atoms with E-state index < -0.39 is 0 Å². The monoisotopic (exact) mass is 417 g/mol. The first kappa shape index (κ1) is 22.2. The Balaban J connectivity index is 1.80. The SMILES string of the molecule is CCOc1ccc(C=NNC(=O)CCC(=O)Nc2ccc(C)c(Cl)c2)cc1OC. The second kappa shape index (κ2) is 11.1. The number of hydrogen-bond donors (Lipinski definition) is 2. The van der Waals surface area contributed by atoms with Crippen molar-refractivity contribution in [2.24, 2.45) is 5.10 Å². The summed E-state index contributed by atoms with van der Waals surface area (Å²) in [7, 11) is 1.55. The molecule has 0 atom stereocenters. The molecule has 0 fully saturated rings. The Hall–Kier alpha value is -3.06. The Morgan fingerprint density at radius 1 is 1.10 bits per heavy atom. The van der Waals surface area contributed by atoms with Gasteiger partial charge in [-0.1, -0.05) is 17.7 Å². The minimum absolute atomic E-state index is 0.00929. The number of carbonyl (C=O) groups is 2. The zero-order valence-corrected chi connectivity index (χ0v) is 17.4. The van der Waals surface area contributed by atoms with Crippen molar-refractivity contribution in [2.45, 2.75) is 26.7 Å². The fourth-order valence-electron chi connectivity index (χ4n) is 2.40. The number of methoxy groups -OCH3 is 1. The highest BCUT2D eigenvalue weighted by Gasteiger charge is 2.08. The maximum Gasteiger partial charge on any atom is 0.240 e. The molecule has 0 spiro atoms. The lowest BCUT2D eigenvalue weighted by Crippen LogP contribution is -2.20. The van der Waals surface area contributed by atoms with Crippen molar-refractivity contribution in [3.05, 3.63) is 52.5 Å². The number of carbonyl (C=O) groups excluding carboxylic acids is 2. The zero-order chi connectivity index (χ0) is 21.2. The van der Waals surface area contributed by atoms with Gasteiger partial charge in [0, 0.05) is 23.6 Å². The van der Waals surface area contributed by atoms with Crippen LogP contribution in [0.5, 0.6) is 11.5 Å². The molecule has 0 heterocycles. The molecule has 0 saturated carbocycles. The Bertz CT molecular complexity index is 899. The Labute approximate surface area is 175 Å². The van der Waals surface area contributed by atoms with E-state index in [1.54, 1.807) is 37.4 Å². The molecule has 0 aromatic heterocycles. The summed E-state index contributed by atoms with van der Waals surface area (Å²) in [5, 5.41) is 7.18. The molecule has 0 aliphatic carbocycles. The first-order chi connectivity index (χ1) is 13.9. The highest BCUT2D eigenvalue weighted by molar-refractivity contribution is 6.31. The molecule has 2 rings (SSSR count). The van der Waals surface area contributed by atoms with Crippen LogP contribution in [0, 0.1) is 6.92 Å². The molecule has 2 N–H and O–H groups in total. The van der Waals surface area contributed by atoms with Crippen molar-refractivity contribution < 1.29 is 19.1 Å². The van der Waals surface area contributed by atoms with Gasteiger partial charge in [-0.2, -0.15) is 5.10 Å². The molecule has 2 aromatic carbocycles. The van der Waals surface area contributed by atoms with E-state index in [4.69, 9.17) is 21.1 Å². The molecule has 0 aliphatic heterocycles. The van der Waals surface area contributed by atoms with Gasteiger partial charge in [0.2, 0.25) is 11.8 Å². The first-order valence-corrected chi connectivity index (χ1v) is 9.49. The summed E-state index contributed by atoms with van der Waals surface area (Å²) in [5.41, 5.74) is 4.65. The maximum absolute atomic E-state index is 12.0. The Morgan fingerprint density at radius 3 is 2.55 bits per heavy atom. The minimum Gasteiger partial charge on any atom is -0.493 e. The van der Waals surface area contributed by atoms with E-state index in [-0.39, 0.29) is 24.7 Å². The second-order valence-electron chi connectivity index (χ2n) is 6.15. The van der Waals surface area contributed by atoms with Crippen LogP contribution in [0.4, 0.5) is 5.69 Å². The predicted octanol–water partition coefficient (Wildman–Crippen LogP) is 3.92. The number of nitrogens with one attached hydrogen (secondary N) is 2. The number of hydrazone groups is 1. The highest BCUT2D eigenvalue weighted by atomic mass is 35.5. The van der Waals surface area contributed by atoms with Crippen molar-refractivity contribution in [3.63, 3.8) is 0 Å². The van der Waals surface area contributed by atoms with E-state index in [2.05, 4.69) is 15.8 Å². The van der Waals surface area contributed by atoms with Gasteiger partial charge in [-0.15, -0.1) is 0 Å². The number of benzene rings is 2. The van der Waals surface area contributed by atoms with Gasteiger partial charge in [0.1, 0.15) is 0 Å². The van der Waals surface area contributed by atoms with Crippen molar-refractivity contribution in [2.75, 3.05) is 19.0 Å². The number of halogens is 1. The zero-order valence-electron chi connectivity index (χ0n) is 16.6. The molecule has 8 heteroatoms. The van der Waals surface area contributed by atoms with Gasteiger partial charge in [-0.25, -0.2) is 5.43 Å². The third kappa shape index (κ3) is 7.12. The lowest BCUT2D eigenvalue weighted by Gasteiger charge is -2.09. The van der Waals surface area contributed by atoms with Crippen molar-refractivity contribution in [3.8, 4) is 11.5 Å². The van der Waals surface area contributed by atoms with Crippen LogP contribution in [0.1, 0.15) is 30.9 Å². The Morgan fingerprint density at radius 2 is 1.86 bits per heavy atom. The highest BCUT2D eigenvalue weighted by Crippen LogP contribution is 2.27. The van der Waals surface area contributed by atoms with Crippen LogP contribution in [-0.2, 0) is 9.59 Å². The fraction of sp³-hybridized carbons (Fsp3) is 0.286. The van der Waals surface area contributed by atoms with Crippen molar-refractivity contribution in [1.82, 2.24) is 5.43 Å². The summed E-state index contributed by atoms with van der Waals surface area (Å²) in [6.07, 6.45) is 1.53. The summed E-state index contributed by atoms with van der Waals surface area (Å²) in [6.45, 7) is 4.30. The molecule has 2 aromatic rings. The summed E-state index contributed by atoms with van der Waals surface area (Å²) < 4.78 is 10.7. The number of aryl methyl sites for hydroxylation is 1. The number of anilines is 1. The third-order valence-corrected chi connectivity index (χ3v) is 4.33. The van der Waals surface area contributed by atoms with Crippen LogP contribution in [0.3, 0.4) is 0 Å². The summed E-state index contributed by atoms with van der Waals surface area (Å²) in [5.74, 6) is 0.573. The average Bonchev–Trinajstić information content (AvgIpc) is 2.70. The smallest absolute Gasteiger partial charge is 0.240 e. The average molecular weight is 418 g/mol. The van der Waals surface area contributed by atoms with Crippen LogP contribution >= 0.6 is 11.6 Å². The van der Waals surface area contributed by atoms with E-state index in [0.717, 1.165) is 11.1 Å². The lowest BCUT2D eigenvalue weighted by atomic mass is 10.2.